The van der Waals surface area contributed by atoms with Crippen LogP contribution in [-0.4, -0.2) is 30.2 Å². The van der Waals surface area contributed by atoms with Crippen molar-refractivity contribution in [2.45, 2.75) is 26.2 Å². The van der Waals surface area contributed by atoms with Crippen molar-refractivity contribution in [1.82, 2.24) is 0 Å². The van der Waals surface area contributed by atoms with Gasteiger partial charge in [0, 0.05) is 18.0 Å². The molecular weight excluding hydrogens is 491 g/mol. The first kappa shape index (κ1) is 23.6. The van der Waals surface area contributed by atoms with Crippen LogP contribution < -0.4 is 14.5 Å². The van der Waals surface area contributed by atoms with Crippen LogP contribution in [0.1, 0.15) is 26.2 Å². The standard InChI is InChI=1S/C26H22Cl2N2O5/c1-14-2-8-19-20(10-14)25(33)30(24(19)32)17-4-6-18(7-5-17)35-26(34)15-11-23(31)29(13-15)22-12-16(27)3-9-21(22)28/h2-7,9,12,15,19-20H,8,10-11,13H2,1H3/t15-,19+,20+/m1/s1. The van der Waals surface area contributed by atoms with Gasteiger partial charge in [-0.2, -0.15) is 0 Å². The zero-order valence-electron chi connectivity index (χ0n) is 18.9. The number of carbonyl (C=O) groups excluding carboxylic acids is 4. The second-order valence-corrected chi connectivity index (χ2v) is 9.97. The van der Waals surface area contributed by atoms with E-state index in [-0.39, 0.29) is 48.3 Å². The number of allylic oxidation sites excluding steroid dienone is 2. The number of amides is 3. The highest BCUT2D eigenvalue weighted by atomic mass is 35.5. The van der Waals surface area contributed by atoms with E-state index in [4.69, 9.17) is 27.9 Å². The fourth-order valence-corrected chi connectivity index (χ4v) is 5.33. The number of ether oxygens (including phenoxy) is 1. The molecule has 7 nitrogen and oxygen atoms in total. The van der Waals surface area contributed by atoms with Crippen molar-refractivity contribution in [2.75, 3.05) is 16.3 Å². The van der Waals surface area contributed by atoms with Gasteiger partial charge >= 0.3 is 5.97 Å². The Balaban J connectivity index is 1.25. The van der Waals surface area contributed by atoms with Crippen LogP contribution in [0, 0.1) is 17.8 Å². The summed E-state index contributed by atoms with van der Waals surface area (Å²) in [5, 5.41) is 0.799. The molecule has 1 aliphatic carbocycles. The highest BCUT2D eigenvalue weighted by molar-refractivity contribution is 6.36. The van der Waals surface area contributed by atoms with Crippen molar-refractivity contribution in [1.29, 1.82) is 0 Å². The molecule has 0 spiro atoms. The molecule has 2 heterocycles. The molecule has 3 atom stereocenters. The first-order valence-electron chi connectivity index (χ1n) is 11.3. The first-order chi connectivity index (χ1) is 16.7. The van der Waals surface area contributed by atoms with E-state index in [1.165, 1.54) is 9.80 Å². The summed E-state index contributed by atoms with van der Waals surface area (Å²) >= 11 is 12.2. The van der Waals surface area contributed by atoms with Gasteiger partial charge in [-0.25, -0.2) is 0 Å². The van der Waals surface area contributed by atoms with E-state index in [1.54, 1.807) is 42.5 Å². The van der Waals surface area contributed by atoms with Gasteiger partial charge in [0.25, 0.3) is 0 Å². The van der Waals surface area contributed by atoms with Gasteiger partial charge in [0.05, 0.1) is 34.2 Å². The maximum absolute atomic E-state index is 12.9. The van der Waals surface area contributed by atoms with Crippen molar-refractivity contribution in [3.05, 3.63) is 64.2 Å². The normalized spacial score (nSPS) is 24.0. The minimum Gasteiger partial charge on any atom is -0.426 e. The second kappa shape index (κ2) is 9.13. The van der Waals surface area contributed by atoms with Crippen molar-refractivity contribution in [3.8, 4) is 5.75 Å². The van der Waals surface area contributed by atoms with Crippen molar-refractivity contribution < 1.29 is 23.9 Å². The monoisotopic (exact) mass is 512 g/mol. The number of halogens is 2. The van der Waals surface area contributed by atoms with Crippen molar-refractivity contribution >= 4 is 58.3 Å². The zero-order valence-corrected chi connectivity index (χ0v) is 20.4. The predicted molar refractivity (Wildman–Crippen MR) is 131 cm³/mol. The number of anilines is 2. The first-order valence-corrected chi connectivity index (χ1v) is 12.1. The van der Waals surface area contributed by atoms with E-state index in [2.05, 4.69) is 0 Å². The Bertz CT molecular complexity index is 1270. The number of carbonyl (C=O) groups is 4. The molecule has 0 N–H and O–H groups in total. The lowest BCUT2D eigenvalue weighted by atomic mass is 9.82. The molecule has 180 valence electrons. The van der Waals surface area contributed by atoms with E-state index in [9.17, 15) is 19.2 Å². The van der Waals surface area contributed by atoms with Gasteiger partial charge in [0.2, 0.25) is 17.7 Å². The Morgan fingerprint density at radius 2 is 1.69 bits per heavy atom. The molecule has 0 aromatic heterocycles. The minimum atomic E-state index is -0.669. The van der Waals surface area contributed by atoms with Gasteiger partial charge in [-0.1, -0.05) is 34.9 Å². The Kier molecular flexibility index (Phi) is 6.15. The molecule has 35 heavy (non-hydrogen) atoms. The number of fused-ring (bicyclic) bond motifs is 1. The Morgan fingerprint density at radius 3 is 2.43 bits per heavy atom. The van der Waals surface area contributed by atoms with Gasteiger partial charge < -0.3 is 9.64 Å². The average molecular weight is 513 g/mol. The Labute approximate surface area is 212 Å². The lowest BCUT2D eigenvalue weighted by Gasteiger charge is -2.18. The van der Waals surface area contributed by atoms with Crippen LogP contribution >= 0.6 is 23.2 Å². The van der Waals surface area contributed by atoms with Crippen LogP contribution in [0.2, 0.25) is 10.0 Å². The van der Waals surface area contributed by atoms with E-state index in [1.807, 2.05) is 13.0 Å². The van der Waals surface area contributed by atoms with Crippen molar-refractivity contribution in [3.63, 3.8) is 0 Å². The molecule has 2 saturated heterocycles. The molecule has 9 heteroatoms. The van der Waals surface area contributed by atoms with Crippen molar-refractivity contribution in [2.24, 2.45) is 17.8 Å². The molecule has 2 aromatic rings. The van der Waals surface area contributed by atoms with Gasteiger partial charge in [-0.05, 0) is 62.2 Å². The van der Waals surface area contributed by atoms with Gasteiger partial charge in [0.1, 0.15) is 5.75 Å². The average Bonchev–Trinajstić information content (AvgIpc) is 3.33. The van der Waals surface area contributed by atoms with E-state index >= 15 is 0 Å². The summed E-state index contributed by atoms with van der Waals surface area (Å²) in [5.41, 5.74) is 2.03. The van der Waals surface area contributed by atoms with Crippen LogP contribution in [0.3, 0.4) is 0 Å². The number of hydrogen-bond donors (Lipinski definition) is 0. The third kappa shape index (κ3) is 4.34. The Hall–Kier alpha value is -3.16. The summed E-state index contributed by atoms with van der Waals surface area (Å²) in [6, 6.07) is 11.1. The highest BCUT2D eigenvalue weighted by Gasteiger charge is 2.48. The summed E-state index contributed by atoms with van der Waals surface area (Å²) in [4.78, 5) is 53.7. The zero-order chi connectivity index (χ0) is 24.9. The topological polar surface area (TPSA) is 84.0 Å². The lowest BCUT2D eigenvalue weighted by molar-refractivity contribution is -0.139. The minimum absolute atomic E-state index is 0.00717. The number of benzene rings is 2. The van der Waals surface area contributed by atoms with Crippen LogP contribution in [-0.2, 0) is 19.2 Å². The molecule has 5 rings (SSSR count). The number of hydrogen-bond acceptors (Lipinski definition) is 5. The molecule has 0 radical (unpaired) electrons. The molecule has 0 bridgehead atoms. The van der Waals surface area contributed by atoms with Gasteiger partial charge in [-0.15, -0.1) is 0 Å². The summed E-state index contributed by atoms with van der Waals surface area (Å²) < 4.78 is 5.49. The quantitative estimate of drug-likeness (QED) is 0.254. The number of esters is 1. The van der Waals surface area contributed by atoms with Gasteiger partial charge in [-0.3, -0.25) is 24.1 Å². The van der Waals surface area contributed by atoms with Crippen LogP contribution in [0.4, 0.5) is 11.4 Å². The highest BCUT2D eigenvalue weighted by Crippen LogP contribution is 2.40. The molecular formula is C26H22Cl2N2O5. The maximum Gasteiger partial charge on any atom is 0.316 e. The third-order valence-electron chi connectivity index (χ3n) is 6.79. The van der Waals surface area contributed by atoms with E-state index < -0.39 is 11.9 Å². The molecule has 2 aromatic carbocycles. The van der Waals surface area contributed by atoms with Gasteiger partial charge in [0.15, 0.2) is 0 Å². The lowest BCUT2D eigenvalue weighted by Crippen LogP contribution is -2.30. The van der Waals surface area contributed by atoms with Crippen LogP contribution in [0.5, 0.6) is 5.75 Å². The maximum atomic E-state index is 12.9. The second-order valence-electron chi connectivity index (χ2n) is 9.13. The smallest absolute Gasteiger partial charge is 0.316 e. The van der Waals surface area contributed by atoms with Crippen LogP contribution in [0.25, 0.3) is 0 Å². The van der Waals surface area contributed by atoms with Crippen LogP contribution in [0.15, 0.2) is 54.1 Å². The molecule has 3 amide bonds. The van der Waals surface area contributed by atoms with E-state index in [0.29, 0.717) is 34.3 Å². The third-order valence-corrected chi connectivity index (χ3v) is 7.35. The number of nitrogens with zero attached hydrogens (tertiary/aromatic N) is 2. The summed E-state index contributed by atoms with van der Waals surface area (Å²) in [7, 11) is 0. The molecule has 0 saturated carbocycles. The summed E-state index contributed by atoms with van der Waals surface area (Å²) in [6.07, 6.45) is 3.18. The Morgan fingerprint density at radius 1 is 0.971 bits per heavy atom. The number of imide groups is 1. The SMILES string of the molecule is CC1=CC[C@@H]2C(=O)N(c3ccc(OC(=O)[C@@H]4CC(=O)N(c5cc(Cl)ccc5Cl)C4)cc3)C(=O)[C@H]2C1. The molecule has 2 fully saturated rings. The fraction of sp³-hybridized carbons (Fsp3) is 0.308. The van der Waals surface area contributed by atoms with E-state index in [0.717, 1.165) is 5.57 Å². The molecule has 0 unspecified atom stereocenters. The molecule has 3 aliphatic rings. The largest absolute Gasteiger partial charge is 0.426 e. The fourth-order valence-electron chi connectivity index (χ4n) is 4.95. The summed E-state index contributed by atoms with van der Waals surface area (Å²) in [5.74, 6) is -2.23. The summed E-state index contributed by atoms with van der Waals surface area (Å²) in [6.45, 7) is 2.10. The molecule has 2 aliphatic heterocycles. The number of rotatable bonds is 4. The predicted octanol–water partition coefficient (Wildman–Crippen LogP) is 4.80.